The summed E-state index contributed by atoms with van der Waals surface area (Å²) >= 11 is 0. The molecule has 1 fully saturated rings. The average Bonchev–Trinajstić information content (AvgIpc) is 3.06. The van der Waals surface area contributed by atoms with Crippen LogP contribution in [0.3, 0.4) is 0 Å². The normalized spacial score (nSPS) is 14.5. The van der Waals surface area contributed by atoms with Crippen LogP contribution in [0, 0.1) is 5.92 Å². The Morgan fingerprint density at radius 1 is 1.13 bits per heavy atom. The van der Waals surface area contributed by atoms with E-state index in [0.29, 0.717) is 18.7 Å². The molecule has 0 atom stereocenters. The Hall–Kier alpha value is -2.04. The number of carbonyl (C=O) groups is 2. The minimum Gasteiger partial charge on any atom is -0.484 e. The monoisotopic (exact) mass is 318 g/mol. The van der Waals surface area contributed by atoms with Crippen LogP contribution < -0.4 is 15.4 Å². The number of nitrogens with one attached hydrogen (secondary N) is 2. The molecule has 0 spiro atoms. The first-order chi connectivity index (χ1) is 11.2. The molecule has 1 aliphatic carbocycles. The fraction of sp³-hybridized carbons (Fsp3) is 0.556. The summed E-state index contributed by atoms with van der Waals surface area (Å²) < 4.78 is 5.37. The molecule has 2 amide bonds. The molecule has 0 aromatic heterocycles. The van der Waals surface area contributed by atoms with Crippen molar-refractivity contribution in [2.75, 3.05) is 18.5 Å². The van der Waals surface area contributed by atoms with Crippen LogP contribution in [-0.4, -0.2) is 25.0 Å². The topological polar surface area (TPSA) is 67.4 Å². The smallest absolute Gasteiger partial charge is 0.257 e. The number of hydrogen-bond acceptors (Lipinski definition) is 3. The number of anilines is 1. The summed E-state index contributed by atoms with van der Waals surface area (Å²) in [7, 11) is 0. The molecule has 0 bridgehead atoms. The van der Waals surface area contributed by atoms with E-state index < -0.39 is 0 Å². The van der Waals surface area contributed by atoms with E-state index in [-0.39, 0.29) is 18.4 Å². The van der Waals surface area contributed by atoms with Gasteiger partial charge in [0, 0.05) is 18.7 Å². The lowest BCUT2D eigenvalue weighted by molar-refractivity contribution is -0.123. The molecule has 0 saturated heterocycles. The van der Waals surface area contributed by atoms with Crippen molar-refractivity contribution in [1.29, 1.82) is 0 Å². The molecule has 5 heteroatoms. The molecule has 2 N–H and O–H groups in total. The zero-order valence-corrected chi connectivity index (χ0v) is 13.8. The number of amides is 2. The molecular weight excluding hydrogens is 292 g/mol. The second kappa shape index (κ2) is 9.18. The molecule has 2 rings (SSSR count). The van der Waals surface area contributed by atoms with Gasteiger partial charge in [-0.2, -0.15) is 0 Å². The van der Waals surface area contributed by atoms with Gasteiger partial charge in [-0.15, -0.1) is 0 Å². The number of likely N-dealkylation sites (N-methyl/N-ethyl adjacent to an activating group) is 1. The summed E-state index contributed by atoms with van der Waals surface area (Å²) in [5.41, 5.74) is 0.756. The van der Waals surface area contributed by atoms with Crippen LogP contribution in [0.4, 0.5) is 5.69 Å². The van der Waals surface area contributed by atoms with Crippen LogP contribution in [0.15, 0.2) is 24.3 Å². The van der Waals surface area contributed by atoms with E-state index in [1.54, 1.807) is 24.3 Å². The zero-order valence-electron chi connectivity index (χ0n) is 13.8. The van der Waals surface area contributed by atoms with E-state index >= 15 is 0 Å². The third-order valence-corrected chi connectivity index (χ3v) is 4.14. The number of hydrogen-bond donors (Lipinski definition) is 2. The highest BCUT2D eigenvalue weighted by Gasteiger charge is 2.16. The first kappa shape index (κ1) is 17.3. The number of carbonyl (C=O) groups excluding carboxylic acids is 2. The summed E-state index contributed by atoms with van der Waals surface area (Å²) in [6.07, 6.45) is 6.73. The van der Waals surface area contributed by atoms with E-state index in [1.165, 1.54) is 25.7 Å². The standard InChI is InChI=1S/C18H26N2O3/c1-2-19-18(22)13-23-16-10-8-15(9-11-16)20-17(21)12-7-14-5-3-4-6-14/h8-11,14H,2-7,12-13H2,1H3,(H,19,22)(H,20,21). The van der Waals surface area contributed by atoms with Crippen molar-refractivity contribution < 1.29 is 14.3 Å². The average molecular weight is 318 g/mol. The predicted octanol–water partition coefficient (Wildman–Crippen LogP) is 3.11. The highest BCUT2D eigenvalue weighted by atomic mass is 16.5. The van der Waals surface area contributed by atoms with Crippen LogP contribution in [0.2, 0.25) is 0 Å². The van der Waals surface area contributed by atoms with Gasteiger partial charge < -0.3 is 15.4 Å². The fourth-order valence-corrected chi connectivity index (χ4v) is 2.89. The van der Waals surface area contributed by atoms with Crippen molar-refractivity contribution in [2.45, 2.75) is 45.4 Å². The molecule has 1 aliphatic rings. The lowest BCUT2D eigenvalue weighted by atomic mass is 10.0. The minimum atomic E-state index is -0.142. The summed E-state index contributed by atoms with van der Waals surface area (Å²) in [5.74, 6) is 1.26. The minimum absolute atomic E-state index is 0.000927. The SMILES string of the molecule is CCNC(=O)COc1ccc(NC(=O)CCC2CCCC2)cc1. The van der Waals surface area contributed by atoms with Crippen molar-refractivity contribution >= 4 is 17.5 Å². The molecule has 1 aromatic carbocycles. The maximum atomic E-state index is 11.9. The second-order valence-corrected chi connectivity index (χ2v) is 6.00. The van der Waals surface area contributed by atoms with Gasteiger partial charge in [0.05, 0.1) is 0 Å². The van der Waals surface area contributed by atoms with Crippen LogP contribution in [0.5, 0.6) is 5.75 Å². The van der Waals surface area contributed by atoms with Crippen LogP contribution in [-0.2, 0) is 9.59 Å². The lowest BCUT2D eigenvalue weighted by Gasteiger charge is -2.10. The quantitative estimate of drug-likeness (QED) is 0.774. The van der Waals surface area contributed by atoms with Crippen molar-refractivity contribution in [3.8, 4) is 5.75 Å². The van der Waals surface area contributed by atoms with Crippen LogP contribution in [0.1, 0.15) is 45.4 Å². The molecule has 0 unspecified atom stereocenters. The molecule has 126 valence electrons. The summed E-state index contributed by atoms with van der Waals surface area (Å²) in [6, 6.07) is 7.10. The van der Waals surface area contributed by atoms with Crippen LogP contribution in [0.25, 0.3) is 0 Å². The molecule has 0 heterocycles. The Balaban J connectivity index is 1.71. The molecule has 1 aromatic rings. The molecule has 0 radical (unpaired) electrons. The van der Waals surface area contributed by atoms with E-state index in [2.05, 4.69) is 10.6 Å². The van der Waals surface area contributed by atoms with Gasteiger partial charge in [-0.05, 0) is 43.5 Å². The van der Waals surface area contributed by atoms with Gasteiger partial charge in [0.1, 0.15) is 5.75 Å². The molecule has 23 heavy (non-hydrogen) atoms. The maximum absolute atomic E-state index is 11.9. The Morgan fingerprint density at radius 3 is 2.48 bits per heavy atom. The van der Waals surface area contributed by atoms with Crippen molar-refractivity contribution in [2.24, 2.45) is 5.92 Å². The third kappa shape index (κ3) is 6.30. The van der Waals surface area contributed by atoms with Gasteiger partial charge in [0.15, 0.2) is 6.61 Å². The molecule has 0 aliphatic heterocycles. The Labute approximate surface area is 137 Å². The van der Waals surface area contributed by atoms with Gasteiger partial charge in [-0.25, -0.2) is 0 Å². The van der Waals surface area contributed by atoms with Gasteiger partial charge in [0.25, 0.3) is 5.91 Å². The third-order valence-electron chi connectivity index (χ3n) is 4.14. The summed E-state index contributed by atoms with van der Waals surface area (Å²) in [6.45, 7) is 2.46. The van der Waals surface area contributed by atoms with Gasteiger partial charge in [-0.1, -0.05) is 25.7 Å². The van der Waals surface area contributed by atoms with Gasteiger partial charge in [-0.3, -0.25) is 9.59 Å². The van der Waals surface area contributed by atoms with E-state index in [9.17, 15) is 9.59 Å². The number of benzene rings is 1. The van der Waals surface area contributed by atoms with E-state index in [4.69, 9.17) is 4.74 Å². The van der Waals surface area contributed by atoms with Crippen molar-refractivity contribution in [3.63, 3.8) is 0 Å². The summed E-state index contributed by atoms with van der Waals surface area (Å²) in [5, 5.41) is 5.57. The first-order valence-electron chi connectivity index (χ1n) is 8.46. The van der Waals surface area contributed by atoms with Gasteiger partial charge in [0.2, 0.25) is 5.91 Å². The molecule has 5 nitrogen and oxygen atoms in total. The maximum Gasteiger partial charge on any atom is 0.257 e. The molecule has 1 saturated carbocycles. The van der Waals surface area contributed by atoms with Crippen LogP contribution >= 0.6 is 0 Å². The fourth-order valence-electron chi connectivity index (χ4n) is 2.89. The number of ether oxygens (including phenoxy) is 1. The Bertz CT molecular complexity index is 508. The number of rotatable bonds is 8. The predicted molar refractivity (Wildman–Crippen MR) is 90.4 cm³/mol. The van der Waals surface area contributed by atoms with Crippen molar-refractivity contribution in [3.05, 3.63) is 24.3 Å². The van der Waals surface area contributed by atoms with E-state index in [1.807, 2.05) is 6.92 Å². The van der Waals surface area contributed by atoms with Crippen molar-refractivity contribution in [1.82, 2.24) is 5.32 Å². The van der Waals surface area contributed by atoms with E-state index in [0.717, 1.165) is 18.0 Å². The lowest BCUT2D eigenvalue weighted by Crippen LogP contribution is -2.28. The Morgan fingerprint density at radius 2 is 1.83 bits per heavy atom. The Kier molecular flexibility index (Phi) is 6.91. The largest absolute Gasteiger partial charge is 0.484 e. The van der Waals surface area contributed by atoms with Gasteiger partial charge >= 0.3 is 0 Å². The first-order valence-corrected chi connectivity index (χ1v) is 8.46. The highest BCUT2D eigenvalue weighted by molar-refractivity contribution is 5.90. The second-order valence-electron chi connectivity index (χ2n) is 6.00. The summed E-state index contributed by atoms with van der Waals surface area (Å²) in [4.78, 5) is 23.3. The zero-order chi connectivity index (χ0) is 16.5. The highest BCUT2D eigenvalue weighted by Crippen LogP contribution is 2.28. The molecular formula is C18H26N2O3.